The average molecular weight is 297 g/mol. The molecule has 0 N–H and O–H groups in total. The lowest BCUT2D eigenvalue weighted by Crippen LogP contribution is -2.42. The molecular formula is C18H23N3O. The highest BCUT2D eigenvalue weighted by Gasteiger charge is 2.30. The Bertz CT molecular complexity index is 633. The van der Waals surface area contributed by atoms with Crippen molar-refractivity contribution in [3.63, 3.8) is 0 Å². The molecular weight excluding hydrogens is 274 g/mol. The summed E-state index contributed by atoms with van der Waals surface area (Å²) in [6.07, 6.45) is 5.48. The normalized spacial score (nSPS) is 17.3. The minimum atomic E-state index is 0.0565. The van der Waals surface area contributed by atoms with Gasteiger partial charge in [-0.1, -0.05) is 30.3 Å². The Balaban J connectivity index is 1.73. The molecule has 1 amide bonds. The summed E-state index contributed by atoms with van der Waals surface area (Å²) in [6, 6.07) is 10.4. The first-order valence-electron chi connectivity index (χ1n) is 7.99. The number of benzene rings is 1. The van der Waals surface area contributed by atoms with Gasteiger partial charge in [-0.2, -0.15) is 0 Å². The molecule has 1 unspecified atom stereocenters. The number of hydrogen-bond acceptors (Lipinski definition) is 2. The summed E-state index contributed by atoms with van der Waals surface area (Å²) in [7, 11) is 0. The molecule has 4 heteroatoms. The molecule has 0 spiro atoms. The zero-order valence-corrected chi connectivity index (χ0v) is 13.3. The van der Waals surface area contributed by atoms with Crippen molar-refractivity contribution in [3.8, 4) is 0 Å². The molecule has 0 aliphatic carbocycles. The second-order valence-corrected chi connectivity index (χ2v) is 6.27. The molecule has 3 rings (SSSR count). The summed E-state index contributed by atoms with van der Waals surface area (Å²) in [5.74, 6) is 1.35. The molecule has 116 valence electrons. The van der Waals surface area contributed by atoms with E-state index in [1.54, 1.807) is 0 Å². The largest absolute Gasteiger partial charge is 0.336 e. The summed E-state index contributed by atoms with van der Waals surface area (Å²) in [5, 5.41) is 0. The lowest BCUT2D eigenvalue weighted by atomic mass is 9.95. The Hall–Kier alpha value is -2.10. The van der Waals surface area contributed by atoms with Crippen LogP contribution in [0.25, 0.3) is 0 Å². The zero-order chi connectivity index (χ0) is 15.5. The van der Waals surface area contributed by atoms with E-state index in [1.807, 2.05) is 35.5 Å². The van der Waals surface area contributed by atoms with Crippen molar-refractivity contribution >= 4 is 5.91 Å². The van der Waals surface area contributed by atoms with Crippen LogP contribution < -0.4 is 0 Å². The van der Waals surface area contributed by atoms with Gasteiger partial charge in [0.05, 0.1) is 0 Å². The van der Waals surface area contributed by atoms with Gasteiger partial charge in [0.2, 0.25) is 5.91 Å². The minimum Gasteiger partial charge on any atom is -0.336 e. The molecule has 1 aromatic carbocycles. The smallest absolute Gasteiger partial charge is 0.226 e. The van der Waals surface area contributed by atoms with Crippen LogP contribution in [0, 0.1) is 5.92 Å². The van der Waals surface area contributed by atoms with Gasteiger partial charge in [-0.15, -0.1) is 0 Å². The summed E-state index contributed by atoms with van der Waals surface area (Å²) in [6.45, 7) is 5.75. The molecule has 0 saturated heterocycles. The summed E-state index contributed by atoms with van der Waals surface area (Å²) in [5.41, 5.74) is 1.18. The van der Waals surface area contributed by atoms with Crippen LogP contribution in [0.5, 0.6) is 0 Å². The van der Waals surface area contributed by atoms with Gasteiger partial charge in [0, 0.05) is 43.9 Å². The standard InChI is InChI=1S/C18H23N3O/c1-14(2)21(13-15-6-4-3-5-7-15)18(22)16-8-10-20-11-9-19-17(20)12-16/h3-7,9,11,14,16H,8,10,12-13H2,1-2H3. The van der Waals surface area contributed by atoms with Crippen molar-refractivity contribution in [1.29, 1.82) is 0 Å². The molecule has 1 aliphatic heterocycles. The van der Waals surface area contributed by atoms with Crippen LogP contribution >= 0.6 is 0 Å². The highest BCUT2D eigenvalue weighted by molar-refractivity contribution is 5.79. The molecule has 0 saturated carbocycles. The minimum absolute atomic E-state index is 0.0565. The van der Waals surface area contributed by atoms with Crippen molar-refractivity contribution in [2.75, 3.05) is 0 Å². The van der Waals surface area contributed by atoms with E-state index in [-0.39, 0.29) is 17.9 Å². The quantitative estimate of drug-likeness (QED) is 0.870. The van der Waals surface area contributed by atoms with Crippen LogP contribution in [0.15, 0.2) is 42.7 Å². The molecule has 2 aromatic rings. The number of fused-ring (bicyclic) bond motifs is 1. The molecule has 0 radical (unpaired) electrons. The Morgan fingerprint density at radius 1 is 1.36 bits per heavy atom. The fourth-order valence-electron chi connectivity index (χ4n) is 3.09. The number of aryl methyl sites for hydroxylation is 1. The third-order valence-corrected chi connectivity index (χ3v) is 4.40. The van der Waals surface area contributed by atoms with Gasteiger partial charge in [0.25, 0.3) is 0 Å². The van der Waals surface area contributed by atoms with E-state index < -0.39 is 0 Å². The van der Waals surface area contributed by atoms with E-state index >= 15 is 0 Å². The maximum Gasteiger partial charge on any atom is 0.226 e. The number of hydrogen-bond donors (Lipinski definition) is 0. The number of nitrogens with zero attached hydrogens (tertiary/aromatic N) is 3. The van der Waals surface area contributed by atoms with Crippen LogP contribution in [0.4, 0.5) is 0 Å². The monoisotopic (exact) mass is 297 g/mol. The molecule has 4 nitrogen and oxygen atoms in total. The second kappa shape index (κ2) is 6.34. The lowest BCUT2D eigenvalue weighted by molar-refractivity contribution is -0.138. The van der Waals surface area contributed by atoms with E-state index in [0.29, 0.717) is 6.54 Å². The Morgan fingerprint density at radius 2 is 2.14 bits per heavy atom. The van der Waals surface area contributed by atoms with E-state index in [0.717, 1.165) is 25.2 Å². The highest BCUT2D eigenvalue weighted by Crippen LogP contribution is 2.23. The van der Waals surface area contributed by atoms with Crippen LogP contribution in [0.3, 0.4) is 0 Å². The molecule has 1 aromatic heterocycles. The number of carbonyl (C=O) groups is 1. The molecule has 0 bridgehead atoms. The number of carbonyl (C=O) groups excluding carboxylic acids is 1. The predicted octanol–water partition coefficient (Wildman–Crippen LogP) is 2.88. The zero-order valence-electron chi connectivity index (χ0n) is 13.3. The number of imidazole rings is 1. The van der Waals surface area contributed by atoms with Crippen molar-refractivity contribution < 1.29 is 4.79 Å². The van der Waals surface area contributed by atoms with Crippen LogP contribution in [-0.2, 0) is 24.3 Å². The third kappa shape index (κ3) is 3.06. The van der Waals surface area contributed by atoms with E-state index in [9.17, 15) is 4.79 Å². The Labute approximate surface area is 131 Å². The first-order valence-corrected chi connectivity index (χ1v) is 7.99. The molecule has 2 heterocycles. The first kappa shape index (κ1) is 14.8. The highest BCUT2D eigenvalue weighted by atomic mass is 16.2. The van der Waals surface area contributed by atoms with Crippen molar-refractivity contribution in [2.24, 2.45) is 5.92 Å². The first-order chi connectivity index (χ1) is 10.6. The molecule has 1 aliphatic rings. The maximum absolute atomic E-state index is 13.0. The number of aromatic nitrogens is 2. The number of amides is 1. The van der Waals surface area contributed by atoms with Gasteiger partial charge in [0.15, 0.2) is 0 Å². The second-order valence-electron chi connectivity index (χ2n) is 6.27. The fourth-order valence-corrected chi connectivity index (χ4v) is 3.09. The SMILES string of the molecule is CC(C)N(Cc1ccccc1)C(=O)C1CCn2ccnc2C1. The van der Waals surface area contributed by atoms with Crippen molar-refractivity contribution in [1.82, 2.24) is 14.5 Å². The van der Waals surface area contributed by atoms with Crippen molar-refractivity contribution in [2.45, 2.75) is 45.8 Å². The van der Waals surface area contributed by atoms with Gasteiger partial charge >= 0.3 is 0 Å². The fraction of sp³-hybridized carbons (Fsp3) is 0.444. The van der Waals surface area contributed by atoms with Crippen LogP contribution in [0.2, 0.25) is 0 Å². The average Bonchev–Trinajstić information content (AvgIpc) is 3.00. The Kier molecular flexibility index (Phi) is 4.27. The van der Waals surface area contributed by atoms with Crippen molar-refractivity contribution in [3.05, 3.63) is 54.1 Å². The van der Waals surface area contributed by atoms with Crippen LogP contribution in [-0.4, -0.2) is 26.4 Å². The summed E-state index contributed by atoms with van der Waals surface area (Å²) < 4.78 is 2.15. The predicted molar refractivity (Wildman–Crippen MR) is 86.2 cm³/mol. The molecule has 0 fully saturated rings. The number of rotatable bonds is 4. The summed E-state index contributed by atoms with van der Waals surface area (Å²) in [4.78, 5) is 19.3. The lowest BCUT2D eigenvalue weighted by Gasteiger charge is -2.32. The van der Waals surface area contributed by atoms with E-state index in [4.69, 9.17) is 0 Å². The maximum atomic E-state index is 13.0. The third-order valence-electron chi connectivity index (χ3n) is 4.40. The van der Waals surface area contributed by atoms with Gasteiger partial charge < -0.3 is 9.47 Å². The topological polar surface area (TPSA) is 38.1 Å². The molecule has 1 atom stereocenters. The van der Waals surface area contributed by atoms with Gasteiger partial charge in [0.1, 0.15) is 5.82 Å². The Morgan fingerprint density at radius 3 is 2.86 bits per heavy atom. The summed E-state index contributed by atoms with van der Waals surface area (Å²) >= 11 is 0. The van der Waals surface area contributed by atoms with Gasteiger partial charge in [-0.05, 0) is 25.8 Å². The van der Waals surface area contributed by atoms with E-state index in [1.165, 1.54) is 5.56 Å². The van der Waals surface area contributed by atoms with Gasteiger partial charge in [-0.3, -0.25) is 4.79 Å². The van der Waals surface area contributed by atoms with E-state index in [2.05, 4.69) is 35.5 Å². The molecule has 22 heavy (non-hydrogen) atoms. The van der Waals surface area contributed by atoms with Crippen LogP contribution in [0.1, 0.15) is 31.7 Å². The van der Waals surface area contributed by atoms with Gasteiger partial charge in [-0.25, -0.2) is 4.98 Å².